The fraction of sp³-hybridized carbons (Fsp3) is 0.125. The van der Waals surface area contributed by atoms with Gasteiger partial charge in [-0.25, -0.2) is 0 Å². The van der Waals surface area contributed by atoms with Crippen LogP contribution in [0, 0.1) is 0 Å². The van der Waals surface area contributed by atoms with E-state index in [0.717, 1.165) is 137 Å². The minimum atomic E-state index is -0.762. The zero-order valence-electron chi connectivity index (χ0n) is 71.0. The first-order valence-corrected chi connectivity index (χ1v) is 35.7. The standard InChI is InChI=1S/C96H76BN3OS/c1-94(2,3)65-50-64(51-66(54-65)95(4,5)6)63-46-48-78-84(53-63)99(83-43-26-40-74-73-39-25-38-72(92(73)102-93(74)83)71-37-27-45-88-89(71)75-36-21-24-44-87(75)101-88)85-57-68(98-80-41-22-19-34-69(80)70-35-20-23-42-81(70)98)58-86-90(85)97(78)79-52-62(59-28-13-10-14-29-59)47-49-82(79)100(86)91-76(60-30-15-11-16-31-60)55-67(96(7,8)9)56-77(91)61-32-17-12-18-33-61/h10-58H,1-9H3/i10D,13D,14D,19D,20D,22D,23D,28D,29D,34D,35D,41D,42D. The van der Waals surface area contributed by atoms with Crippen LogP contribution in [0.3, 0.4) is 0 Å². The number of anilines is 6. The number of benzene rings is 14. The third-order valence-electron chi connectivity index (χ3n) is 20.9. The lowest BCUT2D eigenvalue weighted by Gasteiger charge is -2.45. The number of hydrogen-bond acceptors (Lipinski definition) is 4. The molecule has 19 rings (SSSR count). The van der Waals surface area contributed by atoms with Gasteiger partial charge in [0.1, 0.15) is 11.2 Å². The van der Waals surface area contributed by atoms with E-state index in [9.17, 15) is 13.7 Å². The van der Waals surface area contributed by atoms with Crippen molar-refractivity contribution in [3.63, 3.8) is 0 Å². The smallest absolute Gasteiger partial charge is 0.252 e. The second-order valence-corrected chi connectivity index (χ2v) is 31.3. The molecule has 0 spiro atoms. The van der Waals surface area contributed by atoms with E-state index in [1.165, 1.54) is 0 Å². The average Bonchev–Trinajstić information content (AvgIpc) is 1.51. The molecule has 5 heterocycles. The maximum absolute atomic E-state index is 10.1. The lowest BCUT2D eigenvalue weighted by molar-refractivity contribution is 0.569. The van der Waals surface area contributed by atoms with E-state index in [0.29, 0.717) is 28.3 Å². The van der Waals surface area contributed by atoms with E-state index >= 15 is 0 Å². The highest BCUT2D eigenvalue weighted by Gasteiger charge is 2.46. The Morgan fingerprint density at radius 3 is 1.55 bits per heavy atom. The van der Waals surface area contributed by atoms with Crippen LogP contribution in [0.15, 0.2) is 301 Å². The predicted octanol–water partition coefficient (Wildman–Crippen LogP) is 25.4. The molecular formula is C96H76BN3OS. The van der Waals surface area contributed by atoms with Gasteiger partial charge >= 0.3 is 0 Å². The molecule has 3 aromatic heterocycles. The van der Waals surface area contributed by atoms with Crippen molar-refractivity contribution in [1.82, 2.24) is 4.57 Å². The van der Waals surface area contributed by atoms with E-state index in [-0.39, 0.29) is 50.3 Å². The summed E-state index contributed by atoms with van der Waals surface area (Å²) < 4.78 is 134. The van der Waals surface area contributed by atoms with Gasteiger partial charge in [-0.15, -0.1) is 11.3 Å². The van der Waals surface area contributed by atoms with Crippen LogP contribution in [0.5, 0.6) is 0 Å². The van der Waals surface area contributed by atoms with Crippen LogP contribution in [0.25, 0.3) is 125 Å². The summed E-state index contributed by atoms with van der Waals surface area (Å²) in [4.78, 5) is 4.60. The van der Waals surface area contributed by atoms with Gasteiger partial charge in [-0.2, -0.15) is 0 Å². The molecule has 0 saturated heterocycles. The molecule has 102 heavy (non-hydrogen) atoms. The highest BCUT2D eigenvalue weighted by molar-refractivity contribution is 7.27. The number of aromatic nitrogens is 1. The average molecular weight is 1340 g/mol. The lowest BCUT2D eigenvalue weighted by atomic mass is 9.33. The van der Waals surface area contributed by atoms with Gasteiger partial charge in [-0.05, 0) is 155 Å². The molecule has 14 aromatic carbocycles. The van der Waals surface area contributed by atoms with Crippen molar-refractivity contribution in [2.75, 3.05) is 9.80 Å². The first-order valence-electron chi connectivity index (χ1n) is 41.3. The summed E-state index contributed by atoms with van der Waals surface area (Å²) in [5, 5.41) is 3.85. The number of thiophene rings is 1. The minimum Gasteiger partial charge on any atom is -0.456 e. The van der Waals surface area contributed by atoms with Crippen molar-refractivity contribution in [3.05, 3.63) is 314 Å². The Bertz CT molecular complexity index is 6910. The molecule has 0 atom stereocenters. The van der Waals surface area contributed by atoms with Gasteiger partial charge in [0.25, 0.3) is 6.71 Å². The third-order valence-corrected chi connectivity index (χ3v) is 22.2. The van der Waals surface area contributed by atoms with Gasteiger partial charge < -0.3 is 18.8 Å². The van der Waals surface area contributed by atoms with Crippen LogP contribution < -0.4 is 26.2 Å². The van der Waals surface area contributed by atoms with Crippen molar-refractivity contribution < 1.29 is 22.2 Å². The molecule has 0 amide bonds. The first-order chi connectivity index (χ1) is 54.9. The normalized spacial score (nSPS) is 14.9. The van der Waals surface area contributed by atoms with Crippen molar-refractivity contribution in [3.8, 4) is 61.3 Å². The predicted molar refractivity (Wildman–Crippen MR) is 438 cm³/mol. The van der Waals surface area contributed by atoms with Crippen LogP contribution in [-0.4, -0.2) is 11.3 Å². The van der Waals surface area contributed by atoms with E-state index in [1.54, 1.807) is 15.9 Å². The molecule has 0 saturated carbocycles. The molecule has 6 heteroatoms. The topological polar surface area (TPSA) is 24.6 Å². The second-order valence-electron chi connectivity index (χ2n) is 30.2. The second kappa shape index (κ2) is 23.1. The molecule has 0 bridgehead atoms. The van der Waals surface area contributed by atoms with Gasteiger partial charge in [0.05, 0.1) is 50.6 Å². The molecule has 0 N–H and O–H groups in total. The molecule has 0 fully saturated rings. The van der Waals surface area contributed by atoms with Crippen LogP contribution in [0.1, 0.15) is 96.8 Å². The van der Waals surface area contributed by atoms with Crippen LogP contribution in [0.2, 0.25) is 0 Å². The molecule has 0 aliphatic carbocycles. The highest BCUT2D eigenvalue weighted by atomic mass is 32.1. The van der Waals surface area contributed by atoms with Crippen molar-refractivity contribution in [2.45, 2.75) is 78.6 Å². The number of fused-ring (bicyclic) bond motifs is 13. The zero-order chi connectivity index (χ0) is 80.4. The van der Waals surface area contributed by atoms with E-state index in [4.69, 9.17) is 8.53 Å². The Balaban J connectivity index is 1.03. The Kier molecular flexibility index (Phi) is 11.1. The number of hydrogen-bond donors (Lipinski definition) is 0. The summed E-state index contributed by atoms with van der Waals surface area (Å²) >= 11 is 1.68. The lowest BCUT2D eigenvalue weighted by Crippen LogP contribution is -2.61. The quantitative estimate of drug-likeness (QED) is 0.142. The molecule has 2 aliphatic rings. The molecule has 2 aliphatic heterocycles. The Labute approximate surface area is 619 Å². The fourth-order valence-electron chi connectivity index (χ4n) is 15.9. The van der Waals surface area contributed by atoms with Gasteiger partial charge in [-0.3, -0.25) is 0 Å². The minimum absolute atomic E-state index is 0.0288. The van der Waals surface area contributed by atoms with Gasteiger partial charge in [0.2, 0.25) is 0 Å². The van der Waals surface area contributed by atoms with Gasteiger partial charge in [0, 0.05) is 76.5 Å². The SMILES string of the molecule is [2H]c1c([2H])c([2H])c(-c2ccc3c(c2)B2c4ccc(-c5cc(C(C)(C)C)cc(C(C)(C)C)c5)cc4N(c4cccc5c4sc4c(-c6cccc7oc8ccccc8c67)cccc45)c4cc(-n5c6c([2H])c([2H])c([2H])c([2H])c6c6c([2H])c([2H])c([2H])c([2H])c65)cc(c42)N3c2c(-c3ccccc3)cc(C(C)(C)C)cc2-c2ccccc2)c([2H])c1[2H]. The van der Waals surface area contributed by atoms with E-state index in [1.807, 2.05) is 97.1 Å². The molecule has 0 unspecified atom stereocenters. The Morgan fingerprint density at radius 1 is 0.343 bits per heavy atom. The van der Waals surface area contributed by atoms with E-state index in [2.05, 4.69) is 193 Å². The Hall–Kier alpha value is -11.4. The largest absolute Gasteiger partial charge is 0.456 e. The van der Waals surface area contributed by atoms with Crippen LogP contribution in [-0.2, 0) is 16.2 Å². The van der Waals surface area contributed by atoms with E-state index < -0.39 is 78.6 Å². The summed E-state index contributed by atoms with van der Waals surface area (Å²) in [6.45, 7) is 19.2. The summed E-state index contributed by atoms with van der Waals surface area (Å²) in [7, 11) is 0. The first kappa shape index (κ1) is 49.2. The summed E-state index contributed by atoms with van der Waals surface area (Å²) in [6, 6.07) is 69.5. The number of para-hydroxylation sites is 3. The number of rotatable bonds is 8. The molecule has 0 radical (unpaired) electrons. The molecule has 490 valence electrons. The zero-order valence-corrected chi connectivity index (χ0v) is 58.8. The summed E-state index contributed by atoms with van der Waals surface area (Å²) in [5.41, 5.74) is 18.5. The van der Waals surface area contributed by atoms with Crippen molar-refractivity contribution in [1.29, 1.82) is 0 Å². The molecule has 17 aromatic rings. The summed E-state index contributed by atoms with van der Waals surface area (Å²) in [5.74, 6) is 0. The van der Waals surface area contributed by atoms with Crippen molar-refractivity contribution in [2.24, 2.45) is 0 Å². The fourth-order valence-corrected chi connectivity index (χ4v) is 17.2. The summed E-state index contributed by atoms with van der Waals surface area (Å²) in [6.07, 6.45) is 0. The molecule has 4 nitrogen and oxygen atoms in total. The van der Waals surface area contributed by atoms with Crippen LogP contribution >= 0.6 is 11.3 Å². The molecular weight excluding hydrogens is 1250 g/mol. The highest BCUT2D eigenvalue weighted by Crippen LogP contribution is 2.55. The maximum atomic E-state index is 10.1. The number of furan rings is 1. The monoisotopic (exact) mass is 1340 g/mol. The van der Waals surface area contributed by atoms with Crippen LogP contribution in [0.4, 0.5) is 34.1 Å². The Morgan fingerprint density at radius 2 is 0.882 bits per heavy atom. The van der Waals surface area contributed by atoms with Gasteiger partial charge in [-0.1, -0.05) is 293 Å². The van der Waals surface area contributed by atoms with Crippen molar-refractivity contribution >= 4 is 132 Å². The third kappa shape index (κ3) is 9.78. The maximum Gasteiger partial charge on any atom is 0.252 e. The number of nitrogens with zero attached hydrogens (tertiary/aromatic N) is 3. The van der Waals surface area contributed by atoms with Gasteiger partial charge in [0.15, 0.2) is 0 Å².